The number of amides is 1. The zero-order chi connectivity index (χ0) is 21.8. The second kappa shape index (κ2) is 9.69. The largest absolute Gasteiger partial charge is 0.342 e. The van der Waals surface area contributed by atoms with Gasteiger partial charge in [0, 0.05) is 51.1 Å². The molecule has 1 heterocycles. The zero-order valence-corrected chi connectivity index (χ0v) is 18.4. The predicted molar refractivity (Wildman–Crippen MR) is 116 cm³/mol. The zero-order valence-electron chi connectivity index (χ0n) is 18.4. The molecule has 2 aromatic carbocycles. The van der Waals surface area contributed by atoms with Crippen molar-refractivity contribution in [1.82, 2.24) is 9.80 Å². The lowest BCUT2D eigenvalue weighted by Crippen LogP contribution is -2.38. The van der Waals surface area contributed by atoms with Gasteiger partial charge in [-0.25, -0.2) is 8.78 Å². The highest BCUT2D eigenvalue weighted by molar-refractivity contribution is 5.73. The normalized spacial score (nSPS) is 19.4. The Morgan fingerprint density at radius 1 is 1.13 bits per heavy atom. The van der Waals surface area contributed by atoms with E-state index in [4.69, 9.17) is 0 Å². The summed E-state index contributed by atoms with van der Waals surface area (Å²) < 4.78 is 27.8. The Morgan fingerprint density at radius 3 is 2.47 bits per heavy atom. The van der Waals surface area contributed by atoms with Gasteiger partial charge in [-0.2, -0.15) is 0 Å². The summed E-state index contributed by atoms with van der Waals surface area (Å²) in [5.74, 6) is 0.407. The molecule has 0 radical (unpaired) electrons. The fourth-order valence-corrected chi connectivity index (χ4v) is 4.48. The van der Waals surface area contributed by atoms with Crippen molar-refractivity contribution in [1.29, 1.82) is 0 Å². The van der Waals surface area contributed by atoms with Crippen LogP contribution in [-0.4, -0.2) is 41.9 Å². The monoisotopic (exact) mass is 414 g/mol. The minimum Gasteiger partial charge on any atom is -0.342 e. The summed E-state index contributed by atoms with van der Waals surface area (Å²) >= 11 is 0. The lowest BCUT2D eigenvalue weighted by Gasteiger charge is -2.29. The van der Waals surface area contributed by atoms with Crippen LogP contribution in [0.5, 0.6) is 0 Å². The number of hydrogen-bond acceptors (Lipinski definition) is 2. The molecule has 3 nitrogen and oxygen atoms in total. The molecule has 0 N–H and O–H groups in total. The van der Waals surface area contributed by atoms with Crippen LogP contribution in [-0.2, 0) is 11.3 Å². The minimum atomic E-state index is -0.253. The molecule has 1 amide bonds. The van der Waals surface area contributed by atoms with Crippen LogP contribution in [0.1, 0.15) is 43.4 Å². The summed E-state index contributed by atoms with van der Waals surface area (Å²) in [7, 11) is 0. The van der Waals surface area contributed by atoms with Crippen molar-refractivity contribution >= 4 is 5.91 Å². The first-order valence-electron chi connectivity index (χ1n) is 10.7. The molecule has 1 fully saturated rings. The fourth-order valence-electron chi connectivity index (χ4n) is 4.48. The first-order chi connectivity index (χ1) is 14.2. The van der Waals surface area contributed by atoms with Crippen molar-refractivity contribution in [2.45, 2.75) is 40.2 Å². The number of rotatable bonds is 7. The van der Waals surface area contributed by atoms with Crippen molar-refractivity contribution in [3.8, 4) is 0 Å². The number of aryl methyl sites for hydroxylation is 1. The average Bonchev–Trinajstić information content (AvgIpc) is 3.06. The van der Waals surface area contributed by atoms with E-state index in [1.165, 1.54) is 18.2 Å². The molecular formula is C25H32F2N2O. The lowest BCUT2D eigenvalue weighted by molar-refractivity contribution is -0.130. The van der Waals surface area contributed by atoms with Crippen LogP contribution in [0.4, 0.5) is 8.78 Å². The van der Waals surface area contributed by atoms with Crippen LogP contribution in [0.25, 0.3) is 0 Å². The van der Waals surface area contributed by atoms with Crippen LogP contribution < -0.4 is 0 Å². The van der Waals surface area contributed by atoms with Gasteiger partial charge in [0.25, 0.3) is 0 Å². The quantitative estimate of drug-likeness (QED) is 0.637. The summed E-state index contributed by atoms with van der Waals surface area (Å²) in [5.41, 5.74) is 2.80. The smallest absolute Gasteiger partial charge is 0.219 e. The molecule has 30 heavy (non-hydrogen) atoms. The maximum atomic E-state index is 14.3. The highest BCUT2D eigenvalue weighted by atomic mass is 19.1. The third-order valence-corrected chi connectivity index (χ3v) is 5.90. The lowest BCUT2D eigenvalue weighted by atomic mass is 9.88. The Morgan fingerprint density at radius 2 is 1.83 bits per heavy atom. The summed E-state index contributed by atoms with van der Waals surface area (Å²) in [6.07, 6.45) is 0. The van der Waals surface area contributed by atoms with Crippen LogP contribution >= 0.6 is 0 Å². The number of hydrogen-bond donors (Lipinski definition) is 0. The number of carbonyl (C=O) groups is 1. The molecule has 1 aliphatic heterocycles. The number of carbonyl (C=O) groups excluding carboxylic acids is 1. The summed E-state index contributed by atoms with van der Waals surface area (Å²) in [5, 5.41) is 0. The maximum absolute atomic E-state index is 14.3. The van der Waals surface area contributed by atoms with Gasteiger partial charge in [0.1, 0.15) is 11.6 Å². The molecule has 3 rings (SSSR count). The van der Waals surface area contributed by atoms with Crippen LogP contribution in [0.3, 0.4) is 0 Å². The van der Waals surface area contributed by atoms with E-state index in [-0.39, 0.29) is 29.4 Å². The van der Waals surface area contributed by atoms with E-state index in [1.54, 1.807) is 13.0 Å². The van der Waals surface area contributed by atoms with Crippen molar-refractivity contribution in [3.63, 3.8) is 0 Å². The van der Waals surface area contributed by atoms with Gasteiger partial charge in [0.2, 0.25) is 5.91 Å². The fraction of sp³-hybridized carbons (Fsp3) is 0.480. The van der Waals surface area contributed by atoms with E-state index < -0.39 is 0 Å². The predicted octanol–water partition coefficient (Wildman–Crippen LogP) is 4.99. The van der Waals surface area contributed by atoms with Gasteiger partial charge >= 0.3 is 0 Å². The highest BCUT2D eigenvalue weighted by Crippen LogP contribution is 2.34. The molecule has 0 aliphatic carbocycles. The number of nitrogens with zero attached hydrogens (tertiary/aromatic N) is 2. The molecule has 2 atom stereocenters. The van der Waals surface area contributed by atoms with Gasteiger partial charge in [-0.15, -0.1) is 0 Å². The second-order valence-electron chi connectivity index (χ2n) is 9.02. The molecule has 0 spiro atoms. The Bertz CT molecular complexity index is 866. The molecule has 0 aromatic heterocycles. The molecule has 0 saturated carbocycles. The second-order valence-corrected chi connectivity index (χ2v) is 9.02. The van der Waals surface area contributed by atoms with E-state index in [2.05, 4.69) is 18.7 Å². The Hall–Kier alpha value is -2.27. The van der Waals surface area contributed by atoms with Gasteiger partial charge in [0.05, 0.1) is 0 Å². The third-order valence-electron chi connectivity index (χ3n) is 5.90. The van der Waals surface area contributed by atoms with E-state index in [0.29, 0.717) is 31.1 Å². The molecule has 1 aliphatic rings. The topological polar surface area (TPSA) is 23.6 Å². The molecule has 0 bridgehead atoms. The van der Waals surface area contributed by atoms with E-state index in [1.807, 2.05) is 30.0 Å². The van der Waals surface area contributed by atoms with Gasteiger partial charge in [-0.3, -0.25) is 9.69 Å². The molecule has 0 unspecified atom stereocenters. The third kappa shape index (κ3) is 5.66. The minimum absolute atomic E-state index is 0.0738. The summed E-state index contributed by atoms with van der Waals surface area (Å²) in [6.45, 7) is 11.2. The first-order valence-corrected chi connectivity index (χ1v) is 10.7. The molecule has 2 aromatic rings. The van der Waals surface area contributed by atoms with Gasteiger partial charge in [-0.1, -0.05) is 43.7 Å². The maximum Gasteiger partial charge on any atom is 0.219 e. The molecule has 5 heteroatoms. The SMILES string of the molecule is CC(=O)N(CC(C)C)C[C@@H]1CN(Cc2cc(C)ccc2F)C[C@H]1c1ccc(F)cc1. The summed E-state index contributed by atoms with van der Waals surface area (Å²) in [6, 6.07) is 11.9. The van der Waals surface area contributed by atoms with E-state index in [9.17, 15) is 13.6 Å². The van der Waals surface area contributed by atoms with Crippen molar-refractivity contribution in [3.05, 3.63) is 70.8 Å². The summed E-state index contributed by atoms with van der Waals surface area (Å²) in [4.78, 5) is 16.4. The average molecular weight is 415 g/mol. The van der Waals surface area contributed by atoms with Gasteiger partial charge < -0.3 is 4.90 Å². The molecule has 1 saturated heterocycles. The Balaban J connectivity index is 1.82. The van der Waals surface area contributed by atoms with Gasteiger partial charge in [0.15, 0.2) is 0 Å². The molecule has 162 valence electrons. The van der Waals surface area contributed by atoms with Crippen LogP contribution in [0, 0.1) is 30.4 Å². The standard InChI is InChI=1S/C25H32F2N2O/c1-17(2)12-29(19(4)30)15-22-14-28(13-21-11-18(3)5-10-25(21)27)16-24(22)20-6-8-23(26)9-7-20/h5-11,17,22,24H,12-16H2,1-4H3/t22-,24-/m0/s1. The Kier molecular flexibility index (Phi) is 7.24. The number of likely N-dealkylation sites (tertiary alicyclic amines) is 1. The van der Waals surface area contributed by atoms with Gasteiger partial charge in [-0.05, 0) is 42.5 Å². The van der Waals surface area contributed by atoms with Crippen molar-refractivity contribution in [2.24, 2.45) is 11.8 Å². The van der Waals surface area contributed by atoms with E-state index >= 15 is 0 Å². The van der Waals surface area contributed by atoms with Crippen molar-refractivity contribution in [2.75, 3.05) is 26.2 Å². The number of halogens is 2. The Labute approximate surface area is 178 Å². The highest BCUT2D eigenvalue weighted by Gasteiger charge is 2.35. The van der Waals surface area contributed by atoms with Crippen molar-refractivity contribution < 1.29 is 13.6 Å². The van der Waals surface area contributed by atoms with Crippen LogP contribution in [0.2, 0.25) is 0 Å². The first kappa shape index (κ1) is 22.4. The van der Waals surface area contributed by atoms with E-state index in [0.717, 1.165) is 24.2 Å². The number of benzene rings is 2. The van der Waals surface area contributed by atoms with Crippen LogP contribution in [0.15, 0.2) is 42.5 Å². The molecular weight excluding hydrogens is 382 g/mol.